The third-order valence-electron chi connectivity index (χ3n) is 4.18. The van der Waals surface area contributed by atoms with Crippen molar-refractivity contribution in [2.45, 2.75) is 18.1 Å². The molecule has 0 aromatic heterocycles. The molecule has 0 atom stereocenters. The van der Waals surface area contributed by atoms with Gasteiger partial charge in [-0.2, -0.15) is 8.42 Å². The van der Waals surface area contributed by atoms with E-state index in [1.165, 1.54) is 0 Å². The fourth-order valence-electron chi connectivity index (χ4n) is 2.78. The number of rotatable bonds is 1. The van der Waals surface area contributed by atoms with Crippen molar-refractivity contribution in [3.63, 3.8) is 0 Å². The first-order valence-corrected chi connectivity index (χ1v) is 11.7. The fraction of sp³-hybridized carbons (Fsp3) is 0.700. The van der Waals surface area contributed by atoms with Crippen LogP contribution in [0.25, 0.3) is 0 Å². The van der Waals surface area contributed by atoms with Crippen LogP contribution in [0.3, 0.4) is 0 Å². The standard InChI is InChI=1S/C20H32O10S/c21-31(22,23)20-18-2-1-3-19(20)17-30-15-13-28-11-9-26-7-5-24-4-6-25-8-10-27-12-14-29-16-18/h1-3H,4-17H2,(H,21,22,23). The molecule has 0 aliphatic carbocycles. The van der Waals surface area contributed by atoms with E-state index >= 15 is 0 Å². The molecule has 1 N–H and O–H groups in total. The molecule has 1 aromatic carbocycles. The molecule has 0 saturated heterocycles. The highest BCUT2D eigenvalue weighted by Gasteiger charge is 2.20. The van der Waals surface area contributed by atoms with Crippen molar-refractivity contribution in [1.82, 2.24) is 0 Å². The van der Waals surface area contributed by atoms with Gasteiger partial charge in [0, 0.05) is 0 Å². The van der Waals surface area contributed by atoms with Gasteiger partial charge < -0.3 is 33.2 Å². The van der Waals surface area contributed by atoms with Crippen LogP contribution in [0.5, 0.6) is 0 Å². The van der Waals surface area contributed by atoms with E-state index in [4.69, 9.17) is 33.2 Å². The second-order valence-electron chi connectivity index (χ2n) is 6.55. The van der Waals surface area contributed by atoms with Crippen LogP contribution in [0.2, 0.25) is 0 Å². The normalized spacial score (nSPS) is 20.5. The summed E-state index contributed by atoms with van der Waals surface area (Å²) in [6.07, 6.45) is 0. The van der Waals surface area contributed by atoms with Gasteiger partial charge in [0.25, 0.3) is 10.1 Å². The Hall–Kier alpha value is -1.15. The maximum atomic E-state index is 11.9. The summed E-state index contributed by atoms with van der Waals surface area (Å²) in [6, 6.07) is 4.88. The first-order valence-electron chi connectivity index (χ1n) is 10.2. The summed E-state index contributed by atoms with van der Waals surface area (Å²) in [5.74, 6) is 0. The molecule has 1 aliphatic rings. The third-order valence-corrected chi connectivity index (χ3v) is 5.22. The van der Waals surface area contributed by atoms with Crippen molar-refractivity contribution in [1.29, 1.82) is 0 Å². The van der Waals surface area contributed by atoms with E-state index in [-0.39, 0.29) is 31.3 Å². The van der Waals surface area contributed by atoms with E-state index < -0.39 is 10.1 Å². The highest BCUT2D eigenvalue weighted by atomic mass is 32.2. The van der Waals surface area contributed by atoms with Gasteiger partial charge in [0.1, 0.15) is 4.90 Å². The largest absolute Gasteiger partial charge is 0.377 e. The Morgan fingerprint density at radius 2 is 0.839 bits per heavy atom. The Balaban J connectivity index is 1.90. The SMILES string of the molecule is O=S(=O)(O)c1c2cccc1COCCOCCOCCOCCOCCOCCOC2. The Morgan fingerprint density at radius 3 is 1.13 bits per heavy atom. The summed E-state index contributed by atoms with van der Waals surface area (Å²) in [4.78, 5) is -0.185. The lowest BCUT2D eigenvalue weighted by molar-refractivity contribution is -0.0223. The molecule has 0 spiro atoms. The molecule has 11 heteroatoms. The first kappa shape index (κ1) is 26.1. The van der Waals surface area contributed by atoms with Crippen LogP contribution in [0.15, 0.2) is 23.1 Å². The summed E-state index contributed by atoms with van der Waals surface area (Å²) >= 11 is 0. The summed E-state index contributed by atoms with van der Waals surface area (Å²) in [6.45, 7) is 4.84. The zero-order valence-electron chi connectivity index (χ0n) is 17.7. The third kappa shape index (κ3) is 11.3. The molecular formula is C20H32O10S. The zero-order chi connectivity index (χ0) is 22.2. The number of hydrogen-bond donors (Lipinski definition) is 1. The van der Waals surface area contributed by atoms with Gasteiger partial charge in [0.2, 0.25) is 0 Å². The monoisotopic (exact) mass is 464 g/mol. The average molecular weight is 465 g/mol. The van der Waals surface area contributed by atoms with E-state index in [0.717, 1.165) is 0 Å². The van der Waals surface area contributed by atoms with Gasteiger partial charge in [-0.25, -0.2) is 0 Å². The van der Waals surface area contributed by atoms with E-state index in [1.54, 1.807) is 18.2 Å². The smallest absolute Gasteiger partial charge is 0.295 e. The van der Waals surface area contributed by atoms with Gasteiger partial charge in [-0.15, -0.1) is 0 Å². The Kier molecular flexibility index (Phi) is 13.2. The molecule has 1 aromatic rings. The molecule has 2 bridgehead atoms. The second kappa shape index (κ2) is 15.6. The molecule has 0 radical (unpaired) electrons. The molecule has 0 amide bonds. The van der Waals surface area contributed by atoms with Crippen LogP contribution in [0, 0.1) is 0 Å². The fourth-order valence-corrected chi connectivity index (χ4v) is 3.69. The minimum absolute atomic E-state index is 0.0171. The molecule has 0 saturated carbocycles. The van der Waals surface area contributed by atoms with E-state index in [0.29, 0.717) is 77.2 Å². The zero-order valence-corrected chi connectivity index (χ0v) is 18.5. The molecule has 0 unspecified atom stereocenters. The molecule has 31 heavy (non-hydrogen) atoms. The van der Waals surface area contributed by atoms with Crippen molar-refractivity contribution >= 4 is 10.1 Å². The van der Waals surface area contributed by atoms with Crippen LogP contribution in [0.4, 0.5) is 0 Å². The van der Waals surface area contributed by atoms with E-state index in [1.807, 2.05) is 0 Å². The summed E-state index contributed by atoms with van der Waals surface area (Å²) in [7, 11) is -4.44. The average Bonchev–Trinajstić information content (AvgIpc) is 2.73. The molecule has 1 aliphatic heterocycles. The highest BCUT2D eigenvalue weighted by Crippen LogP contribution is 2.22. The van der Waals surface area contributed by atoms with Crippen molar-refractivity contribution in [2.24, 2.45) is 0 Å². The van der Waals surface area contributed by atoms with Crippen LogP contribution in [-0.4, -0.2) is 92.3 Å². The maximum absolute atomic E-state index is 11.9. The van der Waals surface area contributed by atoms with Gasteiger partial charge in [-0.05, 0) is 11.1 Å². The topological polar surface area (TPSA) is 119 Å². The Morgan fingerprint density at radius 1 is 0.548 bits per heavy atom. The lowest BCUT2D eigenvalue weighted by Gasteiger charge is -2.14. The lowest BCUT2D eigenvalue weighted by atomic mass is 10.1. The van der Waals surface area contributed by atoms with Crippen molar-refractivity contribution < 1.29 is 46.1 Å². The molecular weight excluding hydrogens is 432 g/mol. The van der Waals surface area contributed by atoms with Gasteiger partial charge in [-0.1, -0.05) is 18.2 Å². The van der Waals surface area contributed by atoms with Crippen molar-refractivity contribution in [2.75, 3.05) is 79.3 Å². The van der Waals surface area contributed by atoms with Crippen molar-refractivity contribution in [3.05, 3.63) is 29.3 Å². The highest BCUT2D eigenvalue weighted by molar-refractivity contribution is 7.86. The second-order valence-corrected chi connectivity index (χ2v) is 7.91. The minimum Gasteiger partial charge on any atom is -0.377 e. The van der Waals surface area contributed by atoms with Gasteiger partial charge in [0.15, 0.2) is 0 Å². The maximum Gasteiger partial charge on any atom is 0.295 e. The summed E-state index contributed by atoms with van der Waals surface area (Å²) < 4.78 is 71.6. The van der Waals surface area contributed by atoms with Crippen LogP contribution >= 0.6 is 0 Å². The minimum atomic E-state index is -4.44. The number of ether oxygens (including phenoxy) is 7. The predicted molar refractivity (Wildman–Crippen MR) is 110 cm³/mol. The van der Waals surface area contributed by atoms with Crippen LogP contribution in [-0.2, 0) is 56.5 Å². The van der Waals surface area contributed by atoms with Crippen molar-refractivity contribution in [3.8, 4) is 0 Å². The summed E-state index contributed by atoms with van der Waals surface area (Å²) in [5, 5.41) is 0. The molecule has 2 rings (SSSR count). The van der Waals surface area contributed by atoms with E-state index in [9.17, 15) is 13.0 Å². The molecule has 1 heterocycles. The number of hydrogen-bond acceptors (Lipinski definition) is 9. The van der Waals surface area contributed by atoms with Crippen LogP contribution in [0.1, 0.15) is 11.1 Å². The molecule has 10 nitrogen and oxygen atoms in total. The Bertz CT molecular complexity index is 670. The van der Waals surface area contributed by atoms with Gasteiger partial charge >= 0.3 is 0 Å². The quantitative estimate of drug-likeness (QED) is 0.604. The Labute approximate surface area is 183 Å². The lowest BCUT2D eigenvalue weighted by Crippen LogP contribution is -2.15. The predicted octanol–water partition coefficient (Wildman–Crippen LogP) is 1.06. The van der Waals surface area contributed by atoms with Gasteiger partial charge in [-0.3, -0.25) is 4.55 Å². The van der Waals surface area contributed by atoms with Crippen LogP contribution < -0.4 is 0 Å². The summed E-state index contributed by atoms with van der Waals surface area (Å²) in [5.41, 5.74) is 0.713. The number of benzene rings is 1. The van der Waals surface area contributed by atoms with Gasteiger partial charge in [0.05, 0.1) is 92.5 Å². The molecule has 178 valence electrons. The molecule has 0 fully saturated rings. The van der Waals surface area contributed by atoms with E-state index in [2.05, 4.69) is 0 Å². The first-order chi connectivity index (χ1) is 15.1. The number of fused-ring (bicyclic) bond motifs is 2.